The summed E-state index contributed by atoms with van der Waals surface area (Å²) in [6.45, 7) is 5.91. The van der Waals surface area contributed by atoms with Gasteiger partial charge in [0.25, 0.3) is 0 Å². The van der Waals surface area contributed by atoms with Gasteiger partial charge in [-0.3, -0.25) is 4.98 Å². The Morgan fingerprint density at radius 2 is 2.26 bits per heavy atom. The molecule has 1 saturated heterocycles. The fourth-order valence-electron chi connectivity index (χ4n) is 2.94. The van der Waals surface area contributed by atoms with Gasteiger partial charge in [-0.25, -0.2) is 0 Å². The molecule has 1 atom stereocenters. The van der Waals surface area contributed by atoms with Crippen molar-refractivity contribution in [3.8, 4) is 6.07 Å². The fraction of sp³-hybridized carbons (Fsp3) is 0.600. The average Bonchev–Trinajstić information content (AvgIpc) is 2.39. The van der Waals surface area contributed by atoms with Gasteiger partial charge in [0.2, 0.25) is 0 Å². The van der Waals surface area contributed by atoms with Gasteiger partial charge in [-0.15, -0.1) is 0 Å². The maximum absolute atomic E-state index is 9.40. The second-order valence-corrected chi connectivity index (χ2v) is 5.26. The molecule has 1 N–H and O–H groups in total. The molecule has 1 aromatic heterocycles. The molecule has 1 aromatic rings. The Morgan fingerprint density at radius 1 is 1.47 bits per heavy atom. The lowest BCUT2D eigenvalue weighted by Gasteiger charge is -2.38. The van der Waals surface area contributed by atoms with Gasteiger partial charge >= 0.3 is 0 Å². The van der Waals surface area contributed by atoms with E-state index < -0.39 is 0 Å². The highest BCUT2D eigenvalue weighted by atomic mass is 15.2. The van der Waals surface area contributed by atoms with Crippen molar-refractivity contribution >= 4 is 5.69 Å². The summed E-state index contributed by atoms with van der Waals surface area (Å²) in [5.74, 6) is 0. The number of aromatic nitrogens is 1. The zero-order chi connectivity index (χ0) is 13.8. The molecule has 0 aromatic carbocycles. The summed E-state index contributed by atoms with van der Waals surface area (Å²) in [4.78, 5) is 6.80. The number of hydrogen-bond donors (Lipinski definition) is 1. The number of aryl methyl sites for hydroxylation is 2. The maximum Gasteiger partial charge on any atom is 0.103 e. The molecule has 0 spiro atoms. The van der Waals surface area contributed by atoms with E-state index in [1.54, 1.807) is 0 Å². The smallest absolute Gasteiger partial charge is 0.103 e. The number of hydrogen-bond acceptors (Lipinski definition) is 4. The highest BCUT2D eigenvalue weighted by molar-refractivity contribution is 5.62. The van der Waals surface area contributed by atoms with Crippen molar-refractivity contribution in [2.24, 2.45) is 0 Å². The molecule has 1 aliphatic rings. The van der Waals surface area contributed by atoms with Crippen LogP contribution in [0.15, 0.2) is 6.07 Å². The maximum atomic E-state index is 9.40. The summed E-state index contributed by atoms with van der Waals surface area (Å²) < 4.78 is 0. The second-order valence-electron chi connectivity index (χ2n) is 5.26. The van der Waals surface area contributed by atoms with Crippen LogP contribution in [0.5, 0.6) is 0 Å². The summed E-state index contributed by atoms with van der Waals surface area (Å²) >= 11 is 0. The molecule has 1 aliphatic heterocycles. The summed E-state index contributed by atoms with van der Waals surface area (Å²) in [7, 11) is 1.99. The van der Waals surface area contributed by atoms with Crippen LogP contribution >= 0.6 is 0 Å². The molecule has 0 saturated carbocycles. The topological polar surface area (TPSA) is 52.0 Å². The number of piperidine rings is 1. The van der Waals surface area contributed by atoms with Gasteiger partial charge in [0, 0.05) is 24.8 Å². The molecule has 0 amide bonds. The summed E-state index contributed by atoms with van der Waals surface area (Å²) in [6, 6.07) is 4.86. The minimum Gasteiger partial charge on any atom is -0.366 e. The summed E-state index contributed by atoms with van der Waals surface area (Å²) in [5, 5.41) is 12.7. The first-order chi connectivity index (χ1) is 9.17. The monoisotopic (exact) mass is 258 g/mol. The Morgan fingerprint density at radius 3 is 2.95 bits per heavy atom. The van der Waals surface area contributed by atoms with Gasteiger partial charge in [0.05, 0.1) is 16.9 Å². The molecule has 2 heterocycles. The van der Waals surface area contributed by atoms with Crippen molar-refractivity contribution in [3.63, 3.8) is 0 Å². The van der Waals surface area contributed by atoms with Crippen LogP contribution in [0, 0.1) is 25.2 Å². The zero-order valence-electron chi connectivity index (χ0n) is 12.0. The van der Waals surface area contributed by atoms with Gasteiger partial charge in [-0.1, -0.05) is 0 Å². The molecule has 4 nitrogen and oxygen atoms in total. The van der Waals surface area contributed by atoms with Crippen LogP contribution < -0.4 is 10.2 Å². The molecule has 19 heavy (non-hydrogen) atoms. The van der Waals surface area contributed by atoms with Crippen molar-refractivity contribution in [1.29, 1.82) is 5.26 Å². The van der Waals surface area contributed by atoms with E-state index >= 15 is 0 Å². The number of rotatable bonds is 3. The molecule has 2 rings (SSSR count). The Bertz CT molecular complexity index is 488. The zero-order valence-corrected chi connectivity index (χ0v) is 12.0. The summed E-state index contributed by atoms with van der Waals surface area (Å²) in [5.41, 5.74) is 3.62. The van der Waals surface area contributed by atoms with Gasteiger partial charge < -0.3 is 10.2 Å². The lowest BCUT2D eigenvalue weighted by atomic mass is 9.99. The van der Waals surface area contributed by atoms with E-state index in [1.807, 2.05) is 20.9 Å². The molecule has 1 unspecified atom stereocenters. The Balaban J connectivity index is 2.41. The van der Waals surface area contributed by atoms with E-state index in [9.17, 15) is 5.26 Å². The van der Waals surface area contributed by atoms with E-state index in [0.29, 0.717) is 6.04 Å². The van der Waals surface area contributed by atoms with Crippen molar-refractivity contribution in [2.75, 3.05) is 25.0 Å². The SMILES string of the molecule is CNCC1CCCCN1c1cc(C)nc(C)c1C#N. The van der Waals surface area contributed by atoms with Crippen molar-refractivity contribution in [3.05, 3.63) is 23.0 Å². The number of nitrogens with one attached hydrogen (secondary N) is 1. The molecule has 0 radical (unpaired) electrons. The first-order valence-electron chi connectivity index (χ1n) is 6.97. The van der Waals surface area contributed by atoms with E-state index in [0.717, 1.165) is 35.7 Å². The Hall–Kier alpha value is -1.60. The molecule has 1 fully saturated rings. The van der Waals surface area contributed by atoms with Crippen LogP contribution in [-0.4, -0.2) is 31.2 Å². The largest absolute Gasteiger partial charge is 0.366 e. The molecular weight excluding hydrogens is 236 g/mol. The minimum absolute atomic E-state index is 0.479. The predicted octanol–water partition coefficient (Wildman–Crippen LogP) is 2.15. The predicted molar refractivity (Wildman–Crippen MR) is 77.3 cm³/mol. The number of pyridine rings is 1. The molecular formula is C15H22N4. The Kier molecular flexibility index (Phi) is 4.39. The average molecular weight is 258 g/mol. The third kappa shape index (κ3) is 2.87. The third-order valence-corrected chi connectivity index (χ3v) is 3.80. The third-order valence-electron chi connectivity index (χ3n) is 3.80. The number of nitrogens with zero attached hydrogens (tertiary/aromatic N) is 3. The minimum atomic E-state index is 0.479. The van der Waals surface area contributed by atoms with Crippen LogP contribution in [0.2, 0.25) is 0 Å². The van der Waals surface area contributed by atoms with Gasteiger partial charge in [0.15, 0.2) is 0 Å². The van der Waals surface area contributed by atoms with Crippen molar-refractivity contribution in [2.45, 2.75) is 39.2 Å². The van der Waals surface area contributed by atoms with Crippen LogP contribution in [-0.2, 0) is 0 Å². The van der Waals surface area contributed by atoms with Gasteiger partial charge in [-0.05, 0) is 46.2 Å². The quantitative estimate of drug-likeness (QED) is 0.902. The van der Waals surface area contributed by atoms with Crippen LogP contribution in [0.25, 0.3) is 0 Å². The van der Waals surface area contributed by atoms with E-state index in [-0.39, 0.29) is 0 Å². The molecule has 0 aliphatic carbocycles. The lowest BCUT2D eigenvalue weighted by Crippen LogP contribution is -2.45. The molecule has 0 bridgehead atoms. The van der Waals surface area contributed by atoms with Crippen molar-refractivity contribution < 1.29 is 0 Å². The fourth-order valence-corrected chi connectivity index (χ4v) is 2.94. The first-order valence-corrected chi connectivity index (χ1v) is 6.97. The standard InChI is InChI=1S/C15H22N4/c1-11-8-15(14(9-16)12(2)18-11)19-7-5-4-6-13(19)10-17-3/h8,13,17H,4-7,10H2,1-3H3. The normalized spacial score (nSPS) is 19.3. The van der Waals surface area contributed by atoms with Crippen LogP contribution in [0.4, 0.5) is 5.69 Å². The van der Waals surface area contributed by atoms with Crippen molar-refractivity contribution in [1.82, 2.24) is 10.3 Å². The van der Waals surface area contributed by atoms with E-state index in [1.165, 1.54) is 19.3 Å². The van der Waals surface area contributed by atoms with Gasteiger partial charge in [-0.2, -0.15) is 5.26 Å². The number of nitriles is 1. The number of anilines is 1. The first kappa shape index (κ1) is 13.8. The van der Waals surface area contributed by atoms with E-state index in [2.05, 4.69) is 27.3 Å². The number of likely N-dealkylation sites (N-methyl/N-ethyl adjacent to an activating group) is 1. The van der Waals surface area contributed by atoms with E-state index in [4.69, 9.17) is 0 Å². The van der Waals surface area contributed by atoms with Crippen LogP contribution in [0.3, 0.4) is 0 Å². The van der Waals surface area contributed by atoms with Crippen LogP contribution in [0.1, 0.15) is 36.2 Å². The highest BCUT2D eigenvalue weighted by Gasteiger charge is 2.25. The molecule has 102 valence electrons. The second kappa shape index (κ2) is 6.03. The Labute approximate surface area is 115 Å². The van der Waals surface area contributed by atoms with Gasteiger partial charge in [0.1, 0.15) is 6.07 Å². The highest BCUT2D eigenvalue weighted by Crippen LogP contribution is 2.29. The molecule has 4 heteroatoms. The lowest BCUT2D eigenvalue weighted by molar-refractivity contribution is 0.446. The summed E-state index contributed by atoms with van der Waals surface area (Å²) in [6.07, 6.45) is 3.66.